The summed E-state index contributed by atoms with van der Waals surface area (Å²) >= 11 is 0. The number of hydrogen-bond donors (Lipinski definition) is 4. The van der Waals surface area contributed by atoms with Crippen LogP contribution in [0, 0.1) is 0 Å². The van der Waals surface area contributed by atoms with E-state index in [-0.39, 0.29) is 19.0 Å². The maximum atomic E-state index is 11.7. The number of carbonyl (C=O) groups excluding carboxylic acids is 2. The number of urea groups is 1. The van der Waals surface area contributed by atoms with Gasteiger partial charge < -0.3 is 21.5 Å². The second-order valence-electron chi connectivity index (χ2n) is 3.84. The molecule has 20 heavy (non-hydrogen) atoms. The molecule has 0 radical (unpaired) electrons. The molecule has 0 heterocycles. The fraction of sp³-hybridized carbons (Fsp3) is 0.154. The number of nitrogens with two attached hydrogens (primary N) is 1. The van der Waals surface area contributed by atoms with E-state index >= 15 is 0 Å². The van der Waals surface area contributed by atoms with Crippen LogP contribution in [0.4, 0.5) is 4.79 Å². The Morgan fingerprint density at radius 3 is 2.25 bits per heavy atom. The Labute approximate surface area is 115 Å². The van der Waals surface area contributed by atoms with Gasteiger partial charge in [0.1, 0.15) is 0 Å². The molecule has 5 N–H and O–H groups in total. The smallest absolute Gasteiger partial charge is 0.328 e. The van der Waals surface area contributed by atoms with Crippen molar-refractivity contribution in [2.75, 3.05) is 13.1 Å². The molecule has 0 aliphatic carbocycles. The molecule has 1 rings (SSSR count). The normalized spacial score (nSPS) is 10.2. The number of nitrogens with one attached hydrogen (secondary N) is 2. The molecule has 0 unspecified atom stereocenters. The molecular weight excluding hydrogens is 262 g/mol. The maximum absolute atomic E-state index is 11.7. The number of carboxylic acid groups (broad SMARTS) is 1. The van der Waals surface area contributed by atoms with Gasteiger partial charge in [-0.25, -0.2) is 9.59 Å². The predicted octanol–water partition coefficient (Wildman–Crippen LogP) is 0.183. The number of rotatable bonds is 6. The molecule has 3 amide bonds. The van der Waals surface area contributed by atoms with Crippen LogP contribution in [0.5, 0.6) is 0 Å². The Balaban J connectivity index is 2.49. The summed E-state index contributed by atoms with van der Waals surface area (Å²) in [4.78, 5) is 32.5. The van der Waals surface area contributed by atoms with Crippen LogP contribution in [0.3, 0.4) is 0 Å². The van der Waals surface area contributed by atoms with Gasteiger partial charge in [0, 0.05) is 24.7 Å². The molecule has 0 bridgehead atoms. The minimum absolute atomic E-state index is 0.251. The van der Waals surface area contributed by atoms with E-state index in [1.165, 1.54) is 6.08 Å². The first kappa shape index (κ1) is 15.2. The van der Waals surface area contributed by atoms with E-state index in [0.29, 0.717) is 11.1 Å². The van der Waals surface area contributed by atoms with Gasteiger partial charge in [-0.2, -0.15) is 0 Å². The first-order valence-corrected chi connectivity index (χ1v) is 5.81. The van der Waals surface area contributed by atoms with Crippen LogP contribution in [0.25, 0.3) is 6.08 Å². The summed E-state index contributed by atoms with van der Waals surface area (Å²) in [5, 5.41) is 13.4. The lowest BCUT2D eigenvalue weighted by Crippen LogP contribution is -2.37. The van der Waals surface area contributed by atoms with Crippen LogP contribution in [-0.4, -0.2) is 36.1 Å². The van der Waals surface area contributed by atoms with Gasteiger partial charge in [0.15, 0.2) is 0 Å². The molecule has 0 spiro atoms. The predicted molar refractivity (Wildman–Crippen MR) is 73.0 cm³/mol. The molecule has 1 aromatic rings. The second-order valence-corrected chi connectivity index (χ2v) is 3.84. The average molecular weight is 277 g/mol. The molecular formula is C13H15N3O4. The fourth-order valence-corrected chi connectivity index (χ4v) is 1.38. The number of primary amides is 1. The SMILES string of the molecule is NC(=O)NCCNC(=O)c1ccc(/C=C/C(=O)O)cc1. The Morgan fingerprint density at radius 2 is 1.70 bits per heavy atom. The third-order valence-electron chi connectivity index (χ3n) is 2.30. The van der Waals surface area contributed by atoms with Gasteiger partial charge >= 0.3 is 12.0 Å². The first-order chi connectivity index (χ1) is 9.49. The standard InChI is InChI=1S/C13H15N3O4/c14-13(20)16-8-7-15-12(19)10-4-1-9(2-5-10)3-6-11(17)18/h1-6H,7-8H2,(H,15,19)(H,17,18)(H3,14,16,20)/b6-3+. The zero-order valence-electron chi connectivity index (χ0n) is 10.6. The van der Waals surface area contributed by atoms with Crippen molar-refractivity contribution in [1.29, 1.82) is 0 Å². The summed E-state index contributed by atoms with van der Waals surface area (Å²) < 4.78 is 0. The van der Waals surface area contributed by atoms with E-state index in [9.17, 15) is 14.4 Å². The summed E-state index contributed by atoms with van der Waals surface area (Å²) in [6.45, 7) is 0.517. The quantitative estimate of drug-likeness (QED) is 0.437. The van der Waals surface area contributed by atoms with Crippen molar-refractivity contribution in [3.63, 3.8) is 0 Å². The third kappa shape index (κ3) is 5.67. The summed E-state index contributed by atoms with van der Waals surface area (Å²) in [5.74, 6) is -1.32. The molecule has 0 saturated heterocycles. The molecule has 106 valence electrons. The van der Waals surface area contributed by atoms with Crippen LogP contribution in [-0.2, 0) is 4.79 Å². The lowest BCUT2D eigenvalue weighted by molar-refractivity contribution is -0.131. The van der Waals surface area contributed by atoms with E-state index in [1.807, 2.05) is 0 Å². The molecule has 0 aromatic heterocycles. The van der Waals surface area contributed by atoms with Crippen molar-refractivity contribution >= 4 is 24.0 Å². The largest absolute Gasteiger partial charge is 0.478 e. The van der Waals surface area contributed by atoms with Crippen molar-refractivity contribution < 1.29 is 19.5 Å². The minimum Gasteiger partial charge on any atom is -0.478 e. The molecule has 0 atom stereocenters. The van der Waals surface area contributed by atoms with E-state index in [2.05, 4.69) is 10.6 Å². The van der Waals surface area contributed by atoms with Gasteiger partial charge in [-0.3, -0.25) is 4.79 Å². The Hall–Kier alpha value is -2.83. The molecule has 7 nitrogen and oxygen atoms in total. The Kier molecular flexibility index (Phi) is 5.76. The summed E-state index contributed by atoms with van der Waals surface area (Å²) in [5.41, 5.74) is 6.00. The molecule has 0 fully saturated rings. The zero-order chi connectivity index (χ0) is 15.0. The lowest BCUT2D eigenvalue weighted by atomic mass is 10.1. The molecule has 1 aromatic carbocycles. The van der Waals surface area contributed by atoms with Crippen LogP contribution in [0.2, 0.25) is 0 Å². The van der Waals surface area contributed by atoms with Gasteiger partial charge in [-0.05, 0) is 23.8 Å². The molecule has 0 aliphatic rings. The van der Waals surface area contributed by atoms with E-state index < -0.39 is 12.0 Å². The highest BCUT2D eigenvalue weighted by Crippen LogP contribution is 2.06. The molecule has 0 aliphatic heterocycles. The van der Waals surface area contributed by atoms with Crippen molar-refractivity contribution in [2.45, 2.75) is 0 Å². The van der Waals surface area contributed by atoms with Crippen LogP contribution in [0.1, 0.15) is 15.9 Å². The second kappa shape index (κ2) is 7.57. The third-order valence-corrected chi connectivity index (χ3v) is 2.30. The number of carbonyl (C=O) groups is 3. The zero-order valence-corrected chi connectivity index (χ0v) is 10.6. The number of benzene rings is 1. The van der Waals surface area contributed by atoms with Crippen molar-refractivity contribution in [1.82, 2.24) is 10.6 Å². The fourth-order valence-electron chi connectivity index (χ4n) is 1.38. The highest BCUT2D eigenvalue weighted by Gasteiger charge is 2.04. The van der Waals surface area contributed by atoms with Crippen LogP contribution >= 0.6 is 0 Å². The Bertz CT molecular complexity index is 523. The van der Waals surface area contributed by atoms with Gasteiger partial charge in [0.25, 0.3) is 5.91 Å². The van der Waals surface area contributed by atoms with E-state index in [0.717, 1.165) is 6.08 Å². The Morgan fingerprint density at radius 1 is 1.10 bits per heavy atom. The average Bonchev–Trinajstić information content (AvgIpc) is 2.41. The van der Waals surface area contributed by atoms with Crippen molar-refractivity contribution in [2.24, 2.45) is 5.73 Å². The molecule has 7 heteroatoms. The maximum Gasteiger partial charge on any atom is 0.328 e. The van der Waals surface area contributed by atoms with Gasteiger partial charge in [-0.15, -0.1) is 0 Å². The van der Waals surface area contributed by atoms with Crippen LogP contribution < -0.4 is 16.4 Å². The number of aliphatic carboxylic acids is 1. The van der Waals surface area contributed by atoms with Crippen molar-refractivity contribution in [3.05, 3.63) is 41.5 Å². The summed E-state index contributed by atoms with van der Waals surface area (Å²) in [6, 6.07) is 5.79. The highest BCUT2D eigenvalue weighted by atomic mass is 16.4. The van der Waals surface area contributed by atoms with Gasteiger partial charge in [0.05, 0.1) is 0 Å². The van der Waals surface area contributed by atoms with E-state index in [1.54, 1.807) is 24.3 Å². The van der Waals surface area contributed by atoms with Gasteiger partial charge in [-0.1, -0.05) is 12.1 Å². The lowest BCUT2D eigenvalue weighted by Gasteiger charge is -2.05. The monoisotopic (exact) mass is 277 g/mol. The summed E-state index contributed by atoms with van der Waals surface area (Å²) in [7, 11) is 0. The highest BCUT2D eigenvalue weighted by molar-refractivity contribution is 5.94. The van der Waals surface area contributed by atoms with E-state index in [4.69, 9.17) is 10.8 Å². The summed E-state index contributed by atoms with van der Waals surface area (Å²) in [6.07, 6.45) is 2.45. The minimum atomic E-state index is -1.03. The number of carboxylic acids is 1. The first-order valence-electron chi connectivity index (χ1n) is 5.81. The number of hydrogen-bond acceptors (Lipinski definition) is 3. The topological polar surface area (TPSA) is 122 Å². The number of amides is 3. The van der Waals surface area contributed by atoms with Crippen LogP contribution in [0.15, 0.2) is 30.3 Å². The van der Waals surface area contributed by atoms with Crippen molar-refractivity contribution in [3.8, 4) is 0 Å². The molecule has 0 saturated carbocycles. The van der Waals surface area contributed by atoms with Gasteiger partial charge in [0.2, 0.25) is 0 Å².